The molecule has 2 aromatic carbocycles. The lowest BCUT2D eigenvalue weighted by Crippen LogP contribution is -1.96. The molecule has 0 bridgehead atoms. The van der Waals surface area contributed by atoms with Crippen LogP contribution in [0, 0.1) is 11.3 Å². The normalized spacial score (nSPS) is 10.6. The average Bonchev–Trinajstić information content (AvgIpc) is 3.14. The first-order valence-corrected chi connectivity index (χ1v) is 8.95. The van der Waals surface area contributed by atoms with Crippen molar-refractivity contribution in [3.63, 3.8) is 0 Å². The van der Waals surface area contributed by atoms with Crippen LogP contribution >= 0.6 is 22.9 Å². The fourth-order valence-electron chi connectivity index (χ4n) is 2.18. The molecule has 0 saturated carbocycles. The predicted octanol–water partition coefficient (Wildman–Crippen LogP) is 5.26. The molecule has 0 N–H and O–H groups in total. The number of aromatic nitrogens is 1. The van der Waals surface area contributed by atoms with E-state index in [9.17, 15) is 4.79 Å². The second-order valence-electron chi connectivity index (χ2n) is 5.25. The lowest BCUT2D eigenvalue weighted by molar-refractivity contribution is 0.104. The lowest BCUT2D eigenvalue weighted by Gasteiger charge is -2.01. The summed E-state index contributed by atoms with van der Waals surface area (Å²) in [5, 5.41) is 11.9. The number of ketones is 1. The number of rotatable bonds is 6. The zero-order chi connectivity index (χ0) is 18.4. The van der Waals surface area contributed by atoms with Crippen LogP contribution in [0.25, 0.3) is 16.6 Å². The number of nitrogens with zero attached hydrogens (tertiary/aromatic N) is 2. The molecule has 0 aliphatic carbocycles. The van der Waals surface area contributed by atoms with Gasteiger partial charge in [-0.25, -0.2) is 4.98 Å². The predicted molar refractivity (Wildman–Crippen MR) is 103 cm³/mol. The Bertz CT molecular complexity index is 970. The highest BCUT2D eigenvalue weighted by molar-refractivity contribution is 7.13. The molecule has 0 fully saturated rings. The van der Waals surface area contributed by atoms with E-state index in [1.165, 1.54) is 17.4 Å². The summed E-state index contributed by atoms with van der Waals surface area (Å²) in [6.45, 7) is -0.0209. The molecule has 0 radical (unpaired) electrons. The fourth-order valence-corrected chi connectivity index (χ4v) is 3.10. The minimum Gasteiger partial charge on any atom is -0.479 e. The van der Waals surface area contributed by atoms with Gasteiger partial charge in [-0.3, -0.25) is 4.79 Å². The standard InChI is InChI=1S/C20H13ClN2O2S/c21-16-5-1-15(2-6-16)20-23-17(13-26-20)7-10-19(24)14-3-8-18(9-4-14)25-12-11-22/h1-10,13H,12H2/b10-7+. The number of carbonyl (C=O) groups is 1. The van der Waals surface area contributed by atoms with Gasteiger partial charge >= 0.3 is 0 Å². The lowest BCUT2D eigenvalue weighted by atomic mass is 10.1. The largest absolute Gasteiger partial charge is 0.479 e. The SMILES string of the molecule is N#CCOc1ccc(C(=O)/C=C/c2csc(-c3ccc(Cl)cc3)n2)cc1. The summed E-state index contributed by atoms with van der Waals surface area (Å²) in [4.78, 5) is 16.7. The summed E-state index contributed by atoms with van der Waals surface area (Å²) < 4.78 is 5.16. The Morgan fingerprint density at radius 2 is 1.92 bits per heavy atom. The number of halogens is 1. The number of benzene rings is 2. The van der Waals surface area contributed by atoms with Crippen molar-refractivity contribution < 1.29 is 9.53 Å². The molecule has 0 spiro atoms. The van der Waals surface area contributed by atoms with E-state index >= 15 is 0 Å². The van der Waals surface area contributed by atoms with E-state index in [1.54, 1.807) is 30.3 Å². The van der Waals surface area contributed by atoms with Crippen molar-refractivity contribution in [2.75, 3.05) is 6.61 Å². The Morgan fingerprint density at radius 3 is 2.62 bits per heavy atom. The molecule has 0 unspecified atom stereocenters. The first-order chi connectivity index (χ1) is 12.7. The van der Waals surface area contributed by atoms with E-state index in [-0.39, 0.29) is 12.4 Å². The van der Waals surface area contributed by atoms with E-state index < -0.39 is 0 Å². The second-order valence-corrected chi connectivity index (χ2v) is 6.55. The van der Waals surface area contributed by atoms with E-state index in [0.717, 1.165) is 16.3 Å². The van der Waals surface area contributed by atoms with Crippen molar-refractivity contribution in [2.45, 2.75) is 0 Å². The van der Waals surface area contributed by atoms with Crippen LogP contribution in [0.1, 0.15) is 16.1 Å². The van der Waals surface area contributed by atoms with Crippen LogP contribution in [0.15, 0.2) is 60.0 Å². The van der Waals surface area contributed by atoms with E-state index in [4.69, 9.17) is 21.6 Å². The number of ether oxygens (including phenoxy) is 1. The highest BCUT2D eigenvalue weighted by Crippen LogP contribution is 2.25. The number of allylic oxidation sites excluding steroid dienone is 1. The molecule has 0 saturated heterocycles. The summed E-state index contributed by atoms with van der Waals surface area (Å²) in [7, 11) is 0. The minimum atomic E-state index is -0.127. The molecule has 4 nitrogen and oxygen atoms in total. The van der Waals surface area contributed by atoms with Gasteiger partial charge in [-0.2, -0.15) is 5.26 Å². The van der Waals surface area contributed by atoms with E-state index in [0.29, 0.717) is 16.3 Å². The topological polar surface area (TPSA) is 63.0 Å². The molecule has 0 amide bonds. The van der Waals surface area contributed by atoms with Crippen molar-refractivity contribution in [1.29, 1.82) is 5.26 Å². The first-order valence-electron chi connectivity index (χ1n) is 7.69. The molecular formula is C20H13ClN2O2S. The number of hydrogen-bond acceptors (Lipinski definition) is 5. The molecule has 3 rings (SSSR count). The monoisotopic (exact) mass is 380 g/mol. The maximum absolute atomic E-state index is 12.2. The van der Waals surface area contributed by atoms with Gasteiger partial charge in [0.1, 0.15) is 16.8 Å². The smallest absolute Gasteiger partial charge is 0.185 e. The third-order valence-corrected chi connectivity index (χ3v) is 4.62. The number of carbonyl (C=O) groups excluding carboxylic acids is 1. The molecule has 3 aromatic rings. The first kappa shape index (κ1) is 17.9. The summed E-state index contributed by atoms with van der Waals surface area (Å²) >= 11 is 7.40. The van der Waals surface area contributed by atoms with Crippen LogP contribution < -0.4 is 4.74 Å². The zero-order valence-corrected chi connectivity index (χ0v) is 15.1. The summed E-state index contributed by atoms with van der Waals surface area (Å²) in [5.74, 6) is 0.428. The van der Waals surface area contributed by atoms with Gasteiger partial charge in [0.05, 0.1) is 5.69 Å². The van der Waals surface area contributed by atoms with Crippen molar-refractivity contribution in [1.82, 2.24) is 4.98 Å². The van der Waals surface area contributed by atoms with Gasteiger partial charge in [-0.05, 0) is 48.6 Å². The summed E-state index contributed by atoms with van der Waals surface area (Å²) in [6.07, 6.45) is 3.18. The van der Waals surface area contributed by atoms with Gasteiger partial charge in [-0.1, -0.05) is 23.7 Å². The van der Waals surface area contributed by atoms with Crippen molar-refractivity contribution >= 4 is 34.8 Å². The zero-order valence-electron chi connectivity index (χ0n) is 13.6. The van der Waals surface area contributed by atoms with Gasteiger partial charge in [0.2, 0.25) is 0 Å². The summed E-state index contributed by atoms with van der Waals surface area (Å²) in [5.41, 5.74) is 2.25. The quantitative estimate of drug-likeness (QED) is 0.432. The van der Waals surface area contributed by atoms with Crippen LogP contribution in [0.5, 0.6) is 5.75 Å². The van der Waals surface area contributed by atoms with Crippen LogP contribution in [0.3, 0.4) is 0 Å². The molecule has 0 aliphatic heterocycles. The molecule has 6 heteroatoms. The molecule has 128 valence electrons. The van der Waals surface area contributed by atoms with Gasteiger partial charge in [0.25, 0.3) is 0 Å². The molecule has 1 aromatic heterocycles. The Morgan fingerprint density at radius 1 is 1.19 bits per heavy atom. The third-order valence-electron chi connectivity index (χ3n) is 3.46. The maximum Gasteiger partial charge on any atom is 0.185 e. The van der Waals surface area contributed by atoms with Crippen molar-refractivity contribution in [3.8, 4) is 22.4 Å². The number of thiazole rings is 1. The van der Waals surface area contributed by atoms with Gasteiger partial charge < -0.3 is 4.74 Å². The Labute approximate surface area is 160 Å². The van der Waals surface area contributed by atoms with E-state index in [1.807, 2.05) is 35.7 Å². The fraction of sp³-hybridized carbons (Fsp3) is 0.0500. The van der Waals surface area contributed by atoms with Crippen LogP contribution in [0.2, 0.25) is 5.02 Å². The average molecular weight is 381 g/mol. The highest BCUT2D eigenvalue weighted by atomic mass is 35.5. The van der Waals surface area contributed by atoms with Crippen LogP contribution in [0.4, 0.5) is 0 Å². The third kappa shape index (κ3) is 4.57. The molecule has 0 atom stereocenters. The molecular weight excluding hydrogens is 368 g/mol. The van der Waals surface area contributed by atoms with E-state index in [2.05, 4.69) is 4.98 Å². The molecule has 1 heterocycles. The Kier molecular flexibility index (Phi) is 5.80. The van der Waals surface area contributed by atoms with Gasteiger partial charge in [0, 0.05) is 21.5 Å². The van der Waals surface area contributed by atoms with Gasteiger partial charge in [0.15, 0.2) is 12.4 Å². The molecule has 0 aliphatic rings. The minimum absolute atomic E-state index is 0.0209. The van der Waals surface area contributed by atoms with Crippen molar-refractivity contribution in [2.24, 2.45) is 0 Å². The number of hydrogen-bond donors (Lipinski definition) is 0. The summed E-state index contributed by atoms with van der Waals surface area (Å²) in [6, 6.07) is 16.0. The highest BCUT2D eigenvalue weighted by Gasteiger charge is 2.05. The second kappa shape index (κ2) is 8.43. The number of nitriles is 1. The maximum atomic E-state index is 12.2. The molecule has 26 heavy (non-hydrogen) atoms. The van der Waals surface area contributed by atoms with Gasteiger partial charge in [-0.15, -0.1) is 11.3 Å². The van der Waals surface area contributed by atoms with Crippen LogP contribution in [-0.4, -0.2) is 17.4 Å². The van der Waals surface area contributed by atoms with Crippen LogP contribution in [-0.2, 0) is 0 Å². The van der Waals surface area contributed by atoms with Crippen molar-refractivity contribution in [3.05, 3.63) is 76.3 Å². The Balaban J connectivity index is 1.67. The Hall–Kier alpha value is -2.94.